The number of nitrogens with zero attached hydrogens (tertiary/aromatic N) is 2. The first-order valence-corrected chi connectivity index (χ1v) is 9.62. The zero-order valence-corrected chi connectivity index (χ0v) is 15.8. The Balaban J connectivity index is 2.09. The molecular weight excluding hydrogens is 417 g/mol. The second-order valence-corrected chi connectivity index (χ2v) is 7.83. The molecule has 0 atom stereocenters. The molecule has 0 bridgehead atoms. The minimum Gasteiger partial charge on any atom is -0.459 e. The van der Waals surface area contributed by atoms with Crippen LogP contribution in [0, 0.1) is 12.7 Å². The Labute approximate surface area is 152 Å². The maximum Gasteiger partial charge on any atom is 0.260 e. The van der Waals surface area contributed by atoms with Crippen molar-refractivity contribution in [2.75, 3.05) is 17.1 Å². The van der Waals surface area contributed by atoms with Crippen LogP contribution in [-0.4, -0.2) is 33.3 Å². The minimum absolute atomic E-state index is 0.213. The highest BCUT2D eigenvalue weighted by atomic mass is 79.9. The summed E-state index contributed by atoms with van der Waals surface area (Å²) in [6.07, 6.45) is 2.16. The first-order chi connectivity index (χ1) is 11.7. The molecule has 1 aromatic heterocycles. The van der Waals surface area contributed by atoms with E-state index in [0.29, 0.717) is 15.8 Å². The number of para-hydroxylation sites is 1. The molecule has 2 rings (SSSR count). The summed E-state index contributed by atoms with van der Waals surface area (Å²) in [7, 11) is -3.86. The highest BCUT2D eigenvalue weighted by Crippen LogP contribution is 2.21. The number of hydrogen-bond acceptors (Lipinski definition) is 5. The van der Waals surface area contributed by atoms with Crippen LogP contribution in [-0.2, 0) is 14.8 Å². The van der Waals surface area contributed by atoms with Crippen molar-refractivity contribution in [3.8, 4) is 0 Å². The number of hydrogen-bond donors (Lipinski definition) is 1. The van der Waals surface area contributed by atoms with E-state index in [1.165, 1.54) is 24.4 Å². The van der Waals surface area contributed by atoms with E-state index in [2.05, 4.69) is 26.5 Å². The number of furan rings is 1. The molecule has 134 valence electrons. The number of amides is 1. The summed E-state index contributed by atoms with van der Waals surface area (Å²) in [6.45, 7) is 1.14. The van der Waals surface area contributed by atoms with Gasteiger partial charge in [-0.3, -0.25) is 9.10 Å². The summed E-state index contributed by atoms with van der Waals surface area (Å²) in [5.74, 6) is -0.429. The second-order valence-electron chi connectivity index (χ2n) is 5.07. The molecule has 0 fully saturated rings. The lowest BCUT2D eigenvalue weighted by atomic mass is 10.3. The van der Waals surface area contributed by atoms with Crippen LogP contribution in [0.5, 0.6) is 0 Å². The third kappa shape index (κ3) is 5.13. The van der Waals surface area contributed by atoms with Crippen LogP contribution < -0.4 is 9.73 Å². The van der Waals surface area contributed by atoms with Gasteiger partial charge in [0.2, 0.25) is 10.0 Å². The number of aryl methyl sites for hydroxylation is 1. The highest BCUT2D eigenvalue weighted by Gasteiger charge is 2.23. The van der Waals surface area contributed by atoms with Gasteiger partial charge >= 0.3 is 0 Å². The van der Waals surface area contributed by atoms with Crippen LogP contribution in [0.15, 0.2) is 44.3 Å². The molecule has 1 amide bonds. The molecule has 1 N–H and O–H groups in total. The number of benzene rings is 1. The fourth-order valence-electron chi connectivity index (χ4n) is 1.91. The molecule has 0 radical (unpaired) electrons. The van der Waals surface area contributed by atoms with E-state index in [-0.39, 0.29) is 5.69 Å². The molecule has 0 aliphatic heterocycles. The number of halogens is 2. The van der Waals surface area contributed by atoms with Crippen molar-refractivity contribution in [3.63, 3.8) is 0 Å². The van der Waals surface area contributed by atoms with Gasteiger partial charge in [0.05, 0.1) is 22.6 Å². The van der Waals surface area contributed by atoms with Gasteiger partial charge in [-0.15, -0.1) is 0 Å². The second kappa shape index (κ2) is 7.79. The van der Waals surface area contributed by atoms with Crippen molar-refractivity contribution in [1.29, 1.82) is 0 Å². The van der Waals surface area contributed by atoms with Gasteiger partial charge < -0.3 is 4.42 Å². The van der Waals surface area contributed by atoms with Gasteiger partial charge in [0.15, 0.2) is 0 Å². The molecule has 0 spiro atoms. The van der Waals surface area contributed by atoms with Gasteiger partial charge in [0, 0.05) is 6.07 Å². The summed E-state index contributed by atoms with van der Waals surface area (Å²) in [4.78, 5) is 12.0. The monoisotopic (exact) mass is 431 g/mol. The Bertz CT molecular complexity index is 892. The fraction of sp³-hybridized carbons (Fsp3) is 0.200. The quantitative estimate of drug-likeness (QED) is 0.561. The van der Waals surface area contributed by atoms with E-state index < -0.39 is 28.3 Å². The number of nitrogens with one attached hydrogen (secondary N) is 1. The van der Waals surface area contributed by atoms with Gasteiger partial charge in [-0.1, -0.05) is 12.1 Å². The van der Waals surface area contributed by atoms with E-state index >= 15 is 0 Å². The lowest BCUT2D eigenvalue weighted by Gasteiger charge is -2.21. The zero-order valence-electron chi connectivity index (χ0n) is 13.4. The largest absolute Gasteiger partial charge is 0.459 e. The van der Waals surface area contributed by atoms with Crippen LogP contribution in [0.4, 0.5) is 10.1 Å². The molecule has 2 aromatic rings. The molecule has 7 nitrogen and oxygen atoms in total. The fourth-order valence-corrected chi connectivity index (χ4v) is 3.08. The average molecular weight is 432 g/mol. The molecule has 1 aromatic carbocycles. The van der Waals surface area contributed by atoms with Crippen molar-refractivity contribution in [1.82, 2.24) is 5.43 Å². The minimum atomic E-state index is -3.86. The standard InChI is InChI=1S/C15H15BrFN3O4S/c1-10-12(16)7-11(24-10)8-18-19-15(21)9-20(25(2,22)23)14-6-4-3-5-13(14)17/h3-8H,9H2,1-2H3,(H,19,21)/b18-8+. The van der Waals surface area contributed by atoms with Crippen LogP contribution in [0.2, 0.25) is 0 Å². The summed E-state index contributed by atoms with van der Waals surface area (Å²) in [6, 6.07) is 6.95. The van der Waals surface area contributed by atoms with E-state index in [1.54, 1.807) is 13.0 Å². The van der Waals surface area contributed by atoms with E-state index in [0.717, 1.165) is 16.8 Å². The van der Waals surface area contributed by atoms with E-state index in [1.807, 2.05) is 0 Å². The molecule has 10 heteroatoms. The lowest BCUT2D eigenvalue weighted by molar-refractivity contribution is -0.119. The predicted octanol–water partition coefficient (Wildman–Crippen LogP) is 2.41. The first kappa shape index (κ1) is 19.1. The van der Waals surface area contributed by atoms with Crippen molar-refractivity contribution >= 4 is 43.8 Å². The summed E-state index contributed by atoms with van der Waals surface area (Å²) < 4.78 is 44.3. The maximum atomic E-state index is 13.8. The average Bonchev–Trinajstić information content (AvgIpc) is 2.83. The molecule has 0 saturated heterocycles. The summed E-state index contributed by atoms with van der Waals surface area (Å²) >= 11 is 3.27. The number of hydrazone groups is 1. The third-order valence-electron chi connectivity index (χ3n) is 3.07. The van der Waals surface area contributed by atoms with Crippen molar-refractivity contribution in [2.45, 2.75) is 6.92 Å². The molecule has 0 aliphatic rings. The number of carbonyl (C=O) groups is 1. The smallest absolute Gasteiger partial charge is 0.260 e. The highest BCUT2D eigenvalue weighted by molar-refractivity contribution is 9.10. The molecule has 0 aliphatic carbocycles. The first-order valence-electron chi connectivity index (χ1n) is 6.98. The number of sulfonamides is 1. The topological polar surface area (TPSA) is 92.0 Å². The molecule has 0 unspecified atom stereocenters. The SMILES string of the molecule is Cc1oc(/C=N/NC(=O)CN(c2ccccc2F)S(C)(=O)=O)cc1Br. The van der Waals surface area contributed by atoms with E-state index in [4.69, 9.17) is 4.42 Å². The van der Waals surface area contributed by atoms with E-state index in [9.17, 15) is 17.6 Å². The molecule has 0 saturated carbocycles. The Morgan fingerprint density at radius 2 is 2.12 bits per heavy atom. The maximum absolute atomic E-state index is 13.8. The lowest BCUT2D eigenvalue weighted by Crippen LogP contribution is -2.39. The Morgan fingerprint density at radius 3 is 2.68 bits per heavy atom. The van der Waals surface area contributed by atoms with Crippen molar-refractivity contribution in [3.05, 3.63) is 52.1 Å². The van der Waals surface area contributed by atoms with Gasteiger partial charge in [0.1, 0.15) is 23.9 Å². The molecular formula is C15H15BrFN3O4S. The van der Waals surface area contributed by atoms with Crippen LogP contribution in [0.3, 0.4) is 0 Å². The molecule has 25 heavy (non-hydrogen) atoms. The summed E-state index contributed by atoms with van der Waals surface area (Å²) in [5.41, 5.74) is 1.97. The Kier molecular flexibility index (Phi) is 5.96. The van der Waals surface area contributed by atoms with Gasteiger partial charge in [-0.05, 0) is 35.0 Å². The zero-order chi connectivity index (χ0) is 18.6. The van der Waals surface area contributed by atoms with Crippen LogP contribution >= 0.6 is 15.9 Å². The van der Waals surface area contributed by atoms with Crippen molar-refractivity contribution in [2.24, 2.45) is 5.10 Å². The normalized spacial score (nSPS) is 11.7. The third-order valence-corrected chi connectivity index (χ3v) is 4.98. The number of rotatable bonds is 6. The van der Waals surface area contributed by atoms with Crippen molar-refractivity contribution < 1.29 is 22.0 Å². The van der Waals surface area contributed by atoms with Gasteiger partial charge in [-0.2, -0.15) is 5.10 Å². The Morgan fingerprint density at radius 1 is 1.44 bits per heavy atom. The van der Waals surface area contributed by atoms with Gasteiger partial charge in [-0.25, -0.2) is 18.2 Å². The Hall–Kier alpha value is -2.20. The molecule has 1 heterocycles. The predicted molar refractivity (Wildman–Crippen MR) is 95.5 cm³/mol. The van der Waals surface area contributed by atoms with Crippen LogP contribution in [0.1, 0.15) is 11.5 Å². The number of anilines is 1. The van der Waals surface area contributed by atoms with Gasteiger partial charge in [0.25, 0.3) is 5.91 Å². The number of carbonyl (C=O) groups excluding carboxylic acids is 1. The van der Waals surface area contributed by atoms with Crippen LogP contribution in [0.25, 0.3) is 0 Å². The summed E-state index contributed by atoms with van der Waals surface area (Å²) in [5, 5.41) is 3.69.